The third kappa shape index (κ3) is 4.24. The molecule has 3 heteroatoms. The van der Waals surface area contributed by atoms with Crippen LogP contribution < -0.4 is 0 Å². The van der Waals surface area contributed by atoms with Crippen LogP contribution >= 0.6 is 0 Å². The predicted molar refractivity (Wildman–Crippen MR) is 168 cm³/mol. The number of esters is 1. The molecule has 0 amide bonds. The molecule has 12 atom stereocenters. The summed E-state index contributed by atoms with van der Waals surface area (Å²) in [6.07, 6.45) is 26.6. The minimum absolute atomic E-state index is 0.0478. The van der Waals surface area contributed by atoms with Crippen molar-refractivity contribution in [2.45, 2.75) is 124 Å². The molecule has 4 saturated carbocycles. The second-order valence-corrected chi connectivity index (χ2v) is 16.9. The number of carbonyl (C=O) groups excluding carboxylic acids is 2. The first-order chi connectivity index (χ1) is 20.1. The maximum absolute atomic E-state index is 13.9. The Morgan fingerprint density at radius 3 is 2.57 bits per heavy atom. The zero-order valence-electron chi connectivity index (χ0n) is 27.1. The Kier molecular flexibility index (Phi) is 7.26. The Balaban J connectivity index is 1.04. The van der Waals surface area contributed by atoms with Crippen LogP contribution in [-0.2, 0) is 14.3 Å². The fourth-order valence-corrected chi connectivity index (χ4v) is 12.5. The Bertz CT molecular complexity index is 1190. The lowest BCUT2D eigenvalue weighted by Gasteiger charge is -2.58. The van der Waals surface area contributed by atoms with Gasteiger partial charge in [0.2, 0.25) is 0 Å². The summed E-state index contributed by atoms with van der Waals surface area (Å²) in [5, 5.41) is 0. The lowest BCUT2D eigenvalue weighted by molar-refractivity contribution is -0.171. The van der Waals surface area contributed by atoms with Crippen molar-refractivity contribution >= 4 is 11.8 Å². The molecular weight excluding hydrogens is 516 g/mol. The van der Waals surface area contributed by atoms with Gasteiger partial charge in [0, 0.05) is 12.3 Å². The first kappa shape index (κ1) is 29.1. The van der Waals surface area contributed by atoms with Gasteiger partial charge in [-0.2, -0.15) is 0 Å². The van der Waals surface area contributed by atoms with Gasteiger partial charge in [0.05, 0.1) is 0 Å². The SMILES string of the molecule is CC(C)CCC[C@@H](C)[C@H]1CC[C@H]2[C@@H]3CC=C4C[C@H](OC(=O)[C@@]56C=CC(=O)[C@@H]5[C@H]5C=C[C@H]6CC5)CC[C@]4(C)[C@H]3CC[C@]12C. The van der Waals surface area contributed by atoms with Gasteiger partial charge in [-0.05, 0) is 122 Å². The van der Waals surface area contributed by atoms with E-state index in [0.717, 1.165) is 67.6 Å². The molecule has 0 aromatic rings. The van der Waals surface area contributed by atoms with Crippen LogP contribution in [0.15, 0.2) is 36.0 Å². The Morgan fingerprint density at radius 2 is 1.81 bits per heavy atom. The summed E-state index contributed by atoms with van der Waals surface area (Å²) in [5.74, 6) is 5.11. The van der Waals surface area contributed by atoms with Gasteiger partial charge in [0.15, 0.2) is 5.78 Å². The number of rotatable bonds is 7. The van der Waals surface area contributed by atoms with E-state index in [0.29, 0.717) is 5.41 Å². The van der Waals surface area contributed by atoms with E-state index < -0.39 is 5.41 Å². The minimum Gasteiger partial charge on any atom is -0.461 e. The van der Waals surface area contributed by atoms with Crippen molar-refractivity contribution in [2.24, 2.45) is 69.5 Å². The van der Waals surface area contributed by atoms with Crippen LogP contribution in [-0.4, -0.2) is 17.9 Å². The van der Waals surface area contributed by atoms with E-state index in [-0.39, 0.29) is 41.0 Å². The molecule has 0 aromatic heterocycles. The van der Waals surface area contributed by atoms with Crippen LogP contribution in [0.2, 0.25) is 0 Å². The van der Waals surface area contributed by atoms with Gasteiger partial charge in [-0.1, -0.05) is 83.8 Å². The van der Waals surface area contributed by atoms with Crippen molar-refractivity contribution in [3.8, 4) is 0 Å². The second kappa shape index (κ2) is 10.5. The summed E-state index contributed by atoms with van der Waals surface area (Å²) >= 11 is 0. The molecule has 8 rings (SSSR count). The minimum atomic E-state index is -0.750. The molecule has 0 unspecified atom stereocenters. The molecule has 8 aliphatic carbocycles. The highest BCUT2D eigenvalue weighted by atomic mass is 16.5. The van der Waals surface area contributed by atoms with E-state index in [1.807, 2.05) is 6.08 Å². The molecule has 42 heavy (non-hydrogen) atoms. The summed E-state index contributed by atoms with van der Waals surface area (Å²) in [4.78, 5) is 26.8. The molecule has 2 bridgehead atoms. The topological polar surface area (TPSA) is 43.4 Å². The number of hydrogen-bond acceptors (Lipinski definition) is 3. The fraction of sp³-hybridized carbons (Fsp3) is 0.795. The largest absolute Gasteiger partial charge is 0.461 e. The van der Waals surface area contributed by atoms with Gasteiger partial charge in [-0.3, -0.25) is 9.59 Å². The third-order valence-corrected chi connectivity index (χ3v) is 14.7. The van der Waals surface area contributed by atoms with Crippen LogP contribution in [0.25, 0.3) is 0 Å². The average Bonchev–Trinajstić information content (AvgIpc) is 3.53. The van der Waals surface area contributed by atoms with E-state index in [1.54, 1.807) is 11.6 Å². The van der Waals surface area contributed by atoms with Crippen LogP contribution in [0, 0.1) is 69.5 Å². The van der Waals surface area contributed by atoms with Crippen LogP contribution in [0.5, 0.6) is 0 Å². The highest BCUT2D eigenvalue weighted by Gasteiger charge is 2.63. The molecule has 0 N–H and O–H groups in total. The van der Waals surface area contributed by atoms with Crippen molar-refractivity contribution in [2.75, 3.05) is 0 Å². The van der Waals surface area contributed by atoms with Gasteiger partial charge in [-0.15, -0.1) is 0 Å². The van der Waals surface area contributed by atoms with Gasteiger partial charge in [0.1, 0.15) is 11.5 Å². The van der Waals surface area contributed by atoms with E-state index >= 15 is 0 Å². The van der Waals surface area contributed by atoms with E-state index in [9.17, 15) is 9.59 Å². The summed E-state index contributed by atoms with van der Waals surface area (Å²) in [5.41, 5.74) is 1.60. The van der Waals surface area contributed by atoms with Crippen LogP contribution in [0.1, 0.15) is 118 Å². The molecule has 0 aliphatic heterocycles. The molecule has 4 fully saturated rings. The number of hydrogen-bond donors (Lipinski definition) is 0. The Hall–Kier alpha value is -1.64. The molecule has 0 saturated heterocycles. The van der Waals surface area contributed by atoms with Crippen LogP contribution in [0.3, 0.4) is 0 Å². The Labute approximate surface area is 255 Å². The highest BCUT2D eigenvalue weighted by molar-refractivity contribution is 6.02. The normalized spacial score (nSPS) is 47.5. The van der Waals surface area contributed by atoms with Crippen molar-refractivity contribution in [1.29, 1.82) is 0 Å². The molecule has 8 aliphatic rings. The number of fused-ring (bicyclic) bond motifs is 6. The first-order valence-corrected chi connectivity index (χ1v) is 17.9. The third-order valence-electron chi connectivity index (χ3n) is 14.7. The summed E-state index contributed by atoms with van der Waals surface area (Å²) < 4.78 is 6.42. The number of carbonyl (C=O) groups is 2. The molecule has 0 spiro atoms. The summed E-state index contributed by atoms with van der Waals surface area (Å²) in [7, 11) is 0. The molecule has 3 nitrogen and oxygen atoms in total. The maximum Gasteiger partial charge on any atom is 0.317 e. The quantitative estimate of drug-likeness (QED) is 0.226. The molecular formula is C39H56O3. The zero-order chi connectivity index (χ0) is 29.4. The molecule has 0 heterocycles. The van der Waals surface area contributed by atoms with Gasteiger partial charge >= 0.3 is 5.97 Å². The Morgan fingerprint density at radius 1 is 0.976 bits per heavy atom. The van der Waals surface area contributed by atoms with Crippen molar-refractivity contribution < 1.29 is 14.3 Å². The maximum atomic E-state index is 13.9. The molecule has 230 valence electrons. The van der Waals surface area contributed by atoms with Crippen molar-refractivity contribution in [3.05, 3.63) is 36.0 Å². The van der Waals surface area contributed by atoms with Gasteiger partial charge < -0.3 is 4.74 Å². The van der Waals surface area contributed by atoms with Crippen molar-refractivity contribution in [3.63, 3.8) is 0 Å². The van der Waals surface area contributed by atoms with Gasteiger partial charge in [0.25, 0.3) is 0 Å². The smallest absolute Gasteiger partial charge is 0.317 e. The predicted octanol–water partition coefficient (Wildman–Crippen LogP) is 9.28. The van der Waals surface area contributed by atoms with E-state index in [4.69, 9.17) is 4.74 Å². The van der Waals surface area contributed by atoms with E-state index in [2.05, 4.69) is 52.8 Å². The highest BCUT2D eigenvalue weighted by Crippen LogP contribution is 2.67. The number of ether oxygens (including phenoxy) is 1. The zero-order valence-corrected chi connectivity index (χ0v) is 27.1. The fourth-order valence-electron chi connectivity index (χ4n) is 12.5. The number of allylic oxidation sites excluding steroid dienone is 4. The van der Waals surface area contributed by atoms with Crippen LogP contribution in [0.4, 0.5) is 0 Å². The lowest BCUT2D eigenvalue weighted by atomic mass is 9.47. The van der Waals surface area contributed by atoms with Crippen molar-refractivity contribution in [1.82, 2.24) is 0 Å². The summed E-state index contributed by atoms with van der Waals surface area (Å²) in [6, 6.07) is 0. The standard InChI is InChI=1S/C39H56O3/c1-24(2)7-6-8-25(3)31-15-16-32-30-14-13-28-23-29(17-20-37(28,4)33(30)18-21-38(31,32)5)42-36(41)39-22-19-34(40)35(39)26-9-11-27(39)12-10-26/h9,11,13,19,22,24-27,29-33,35H,6-8,10,12,14-18,20-21,23H2,1-5H3/t25-,26+,27+,29-,30+,31-,32+,33+,35+,37+,38-,39-/m1/s1. The molecule has 0 aromatic carbocycles. The second-order valence-electron chi connectivity index (χ2n) is 16.9. The first-order valence-electron chi connectivity index (χ1n) is 17.9. The van der Waals surface area contributed by atoms with Gasteiger partial charge in [-0.25, -0.2) is 0 Å². The lowest BCUT2D eigenvalue weighted by Crippen LogP contribution is -2.53. The summed E-state index contributed by atoms with van der Waals surface area (Å²) in [6.45, 7) is 12.5. The molecule has 0 radical (unpaired) electrons. The van der Waals surface area contributed by atoms with E-state index in [1.165, 1.54) is 51.4 Å². The monoisotopic (exact) mass is 572 g/mol. The average molecular weight is 573 g/mol. The number of ketones is 1.